The lowest BCUT2D eigenvalue weighted by Crippen LogP contribution is -1.83. The highest BCUT2D eigenvalue weighted by molar-refractivity contribution is 6.01. The Balaban J connectivity index is 2.69. The Hall–Kier alpha value is -1.83. The van der Waals surface area contributed by atoms with Crippen molar-refractivity contribution in [1.29, 1.82) is 0 Å². The maximum absolute atomic E-state index is 11.1. The number of benzene rings is 1. The summed E-state index contributed by atoms with van der Waals surface area (Å²) in [5.41, 5.74) is 0.889. The molecule has 0 fully saturated rings. The van der Waals surface area contributed by atoms with Gasteiger partial charge < -0.3 is 5.11 Å². The summed E-state index contributed by atoms with van der Waals surface area (Å²) in [6, 6.07) is 6.66. The van der Waals surface area contributed by atoms with Gasteiger partial charge in [0, 0.05) is 0 Å². The second-order valence-corrected chi connectivity index (χ2v) is 2.83. The molecule has 0 aliphatic rings. The zero-order valence-electron chi connectivity index (χ0n) is 7.97. The molecule has 0 spiro atoms. The van der Waals surface area contributed by atoms with Gasteiger partial charge in [0.25, 0.3) is 0 Å². The van der Waals surface area contributed by atoms with Gasteiger partial charge in [0.1, 0.15) is 5.75 Å². The van der Waals surface area contributed by atoms with Gasteiger partial charge in [0.2, 0.25) is 0 Å². The van der Waals surface area contributed by atoms with Crippen molar-refractivity contribution in [3.05, 3.63) is 48.1 Å². The molecule has 0 aliphatic heterocycles. The summed E-state index contributed by atoms with van der Waals surface area (Å²) in [5.74, 6) is 0.183. The van der Waals surface area contributed by atoms with Crippen LogP contribution in [0.3, 0.4) is 0 Å². The molecular weight excluding hydrogens is 176 g/mol. The summed E-state index contributed by atoms with van der Waals surface area (Å²) in [6.07, 6.45) is 6.40. The molecule has 0 saturated heterocycles. The summed E-state index contributed by atoms with van der Waals surface area (Å²) in [4.78, 5) is 11.1. The summed E-state index contributed by atoms with van der Waals surface area (Å²) in [7, 11) is 0. The van der Waals surface area contributed by atoms with Gasteiger partial charge in [-0.3, -0.25) is 4.79 Å². The lowest BCUT2D eigenvalue weighted by atomic mass is 10.2. The van der Waals surface area contributed by atoms with Gasteiger partial charge in [0.05, 0.1) is 0 Å². The highest BCUT2D eigenvalue weighted by Crippen LogP contribution is 2.10. The van der Waals surface area contributed by atoms with Crippen molar-refractivity contribution in [2.75, 3.05) is 0 Å². The number of ketones is 1. The van der Waals surface area contributed by atoms with E-state index in [1.165, 1.54) is 12.2 Å². The molecule has 2 nitrogen and oxygen atoms in total. The van der Waals surface area contributed by atoms with E-state index in [1.807, 2.05) is 0 Å². The van der Waals surface area contributed by atoms with E-state index in [-0.39, 0.29) is 11.5 Å². The number of allylic oxidation sites excluding steroid dienone is 3. The van der Waals surface area contributed by atoms with Crippen molar-refractivity contribution in [3.8, 4) is 5.75 Å². The second-order valence-electron chi connectivity index (χ2n) is 2.83. The molecule has 1 aromatic rings. The number of rotatable bonds is 3. The predicted octanol–water partition coefficient (Wildman–Crippen LogP) is 2.55. The third kappa shape index (κ3) is 3.27. The van der Waals surface area contributed by atoms with Crippen LogP contribution in [0.15, 0.2) is 42.5 Å². The smallest absolute Gasteiger partial charge is 0.178 e. The molecule has 0 saturated carbocycles. The number of phenolic OH excluding ortho intramolecular Hbond substituents is 1. The van der Waals surface area contributed by atoms with Crippen molar-refractivity contribution in [3.63, 3.8) is 0 Å². The average Bonchev–Trinajstić information content (AvgIpc) is 2.17. The monoisotopic (exact) mass is 188 g/mol. The van der Waals surface area contributed by atoms with Gasteiger partial charge >= 0.3 is 0 Å². The van der Waals surface area contributed by atoms with Gasteiger partial charge in [-0.1, -0.05) is 24.3 Å². The highest BCUT2D eigenvalue weighted by Gasteiger charge is 1.90. The van der Waals surface area contributed by atoms with Crippen LogP contribution in [-0.4, -0.2) is 10.9 Å². The van der Waals surface area contributed by atoms with E-state index >= 15 is 0 Å². The molecule has 0 heterocycles. The molecule has 1 N–H and O–H groups in total. The molecule has 0 aliphatic carbocycles. The van der Waals surface area contributed by atoms with Crippen molar-refractivity contribution in [2.24, 2.45) is 0 Å². The molecule has 0 unspecified atom stereocenters. The molecule has 0 aromatic heterocycles. The fraction of sp³-hybridized carbons (Fsp3) is 0.0833. The number of aromatic hydroxyl groups is 1. The molecule has 0 radical (unpaired) electrons. The van der Waals surface area contributed by atoms with Crippen molar-refractivity contribution in [1.82, 2.24) is 0 Å². The van der Waals surface area contributed by atoms with E-state index in [9.17, 15) is 4.79 Å². The van der Waals surface area contributed by atoms with Crippen LogP contribution in [-0.2, 0) is 4.79 Å². The van der Waals surface area contributed by atoms with Crippen LogP contribution in [0.4, 0.5) is 0 Å². The minimum atomic E-state index is -0.0411. The zero-order valence-corrected chi connectivity index (χ0v) is 7.97. The van der Waals surface area contributed by atoms with Crippen molar-refractivity contribution >= 4 is 11.9 Å². The Bertz CT molecular complexity index is 358. The summed E-state index contributed by atoms with van der Waals surface area (Å²) in [5, 5.41) is 9.02. The first kappa shape index (κ1) is 10.3. The Labute approximate surface area is 83.2 Å². The fourth-order valence-corrected chi connectivity index (χ4v) is 0.984. The standard InChI is InChI=1S/C12H12O2/c1-2-3-11(13)7-4-10-5-8-12(14)9-6-10/h2-9,14H,1H3/b3-2+,7-4+. The van der Waals surface area contributed by atoms with Gasteiger partial charge in [-0.25, -0.2) is 0 Å². The molecular formula is C12H12O2. The predicted molar refractivity (Wildman–Crippen MR) is 57.0 cm³/mol. The molecule has 1 rings (SSSR count). The Morgan fingerprint density at radius 1 is 1.21 bits per heavy atom. The minimum absolute atomic E-state index is 0.0411. The van der Waals surface area contributed by atoms with Crippen LogP contribution in [0.25, 0.3) is 6.08 Å². The first-order chi connectivity index (χ1) is 6.72. The second kappa shape index (κ2) is 5.02. The van der Waals surface area contributed by atoms with Gasteiger partial charge in [-0.2, -0.15) is 0 Å². The topological polar surface area (TPSA) is 37.3 Å². The number of hydrogen-bond acceptors (Lipinski definition) is 2. The lowest BCUT2D eigenvalue weighted by molar-refractivity contribution is -0.110. The van der Waals surface area contributed by atoms with Crippen LogP contribution >= 0.6 is 0 Å². The first-order valence-electron chi connectivity index (χ1n) is 4.36. The van der Waals surface area contributed by atoms with E-state index in [4.69, 9.17) is 5.11 Å². The van der Waals surface area contributed by atoms with E-state index in [0.717, 1.165) is 5.56 Å². The fourth-order valence-electron chi connectivity index (χ4n) is 0.984. The van der Waals surface area contributed by atoms with E-state index < -0.39 is 0 Å². The molecule has 2 heteroatoms. The largest absolute Gasteiger partial charge is 0.508 e. The maximum Gasteiger partial charge on any atom is 0.178 e. The van der Waals surface area contributed by atoms with E-state index in [1.54, 1.807) is 43.3 Å². The third-order valence-electron chi connectivity index (χ3n) is 1.66. The van der Waals surface area contributed by atoms with Crippen molar-refractivity contribution in [2.45, 2.75) is 6.92 Å². The third-order valence-corrected chi connectivity index (χ3v) is 1.66. The van der Waals surface area contributed by atoms with E-state index in [2.05, 4.69) is 0 Å². The van der Waals surface area contributed by atoms with Crippen LogP contribution in [0, 0.1) is 0 Å². The molecule has 1 aromatic carbocycles. The number of carbonyl (C=O) groups is 1. The lowest BCUT2D eigenvalue weighted by Gasteiger charge is -1.92. The summed E-state index contributed by atoms with van der Waals surface area (Å²) < 4.78 is 0. The van der Waals surface area contributed by atoms with Crippen LogP contribution in [0.1, 0.15) is 12.5 Å². The Kier molecular flexibility index (Phi) is 3.68. The van der Waals surface area contributed by atoms with E-state index in [0.29, 0.717) is 0 Å². The Morgan fingerprint density at radius 2 is 1.86 bits per heavy atom. The number of hydrogen-bond donors (Lipinski definition) is 1. The SMILES string of the molecule is C/C=C/C(=O)/C=C/c1ccc(O)cc1. The quantitative estimate of drug-likeness (QED) is 0.740. The zero-order chi connectivity index (χ0) is 10.4. The highest BCUT2D eigenvalue weighted by atomic mass is 16.3. The molecule has 14 heavy (non-hydrogen) atoms. The normalized spacial score (nSPS) is 11.2. The Morgan fingerprint density at radius 3 is 2.43 bits per heavy atom. The van der Waals surface area contributed by atoms with Crippen LogP contribution < -0.4 is 0 Å². The van der Waals surface area contributed by atoms with Crippen molar-refractivity contribution < 1.29 is 9.90 Å². The number of phenols is 1. The van der Waals surface area contributed by atoms with Gasteiger partial charge in [-0.05, 0) is 36.8 Å². The van der Waals surface area contributed by atoms with Crippen LogP contribution in [0.5, 0.6) is 5.75 Å². The average molecular weight is 188 g/mol. The summed E-state index contributed by atoms with van der Waals surface area (Å²) in [6.45, 7) is 1.80. The molecule has 0 bridgehead atoms. The van der Waals surface area contributed by atoms with Gasteiger partial charge in [0.15, 0.2) is 5.78 Å². The molecule has 0 amide bonds. The summed E-state index contributed by atoms with van der Waals surface area (Å²) >= 11 is 0. The number of carbonyl (C=O) groups excluding carboxylic acids is 1. The van der Waals surface area contributed by atoms with Gasteiger partial charge in [-0.15, -0.1) is 0 Å². The molecule has 72 valence electrons. The maximum atomic E-state index is 11.1. The minimum Gasteiger partial charge on any atom is -0.508 e. The first-order valence-corrected chi connectivity index (χ1v) is 4.36. The molecule has 0 atom stereocenters. The van der Waals surface area contributed by atoms with Crippen LogP contribution in [0.2, 0.25) is 0 Å².